The Bertz CT molecular complexity index is 619. The number of aryl methyl sites for hydroxylation is 2. The van der Waals surface area contributed by atoms with Crippen molar-refractivity contribution in [2.24, 2.45) is 0 Å². The molecule has 2 N–H and O–H groups in total. The van der Waals surface area contributed by atoms with Crippen LogP contribution in [0.5, 0.6) is 11.5 Å². The molecule has 4 heteroatoms. The van der Waals surface area contributed by atoms with Gasteiger partial charge >= 0.3 is 0 Å². The number of ether oxygens (including phenoxy) is 2. The molecule has 0 unspecified atom stereocenters. The lowest BCUT2D eigenvalue weighted by Gasteiger charge is -2.12. The molecule has 0 atom stereocenters. The van der Waals surface area contributed by atoms with Crippen molar-refractivity contribution in [3.05, 3.63) is 28.6 Å². The maximum absolute atomic E-state index is 6.18. The number of fused-ring (bicyclic) bond motifs is 1. The molecule has 3 rings (SSSR count). The van der Waals surface area contributed by atoms with Gasteiger partial charge in [0.1, 0.15) is 0 Å². The number of anilines is 1. The van der Waals surface area contributed by atoms with Crippen molar-refractivity contribution >= 4 is 17.0 Å². The predicted molar refractivity (Wildman–Crippen MR) is 79.2 cm³/mol. The Morgan fingerprint density at radius 1 is 1.05 bits per heavy atom. The molecule has 0 saturated carbocycles. The first-order chi connectivity index (χ1) is 9.15. The summed E-state index contributed by atoms with van der Waals surface area (Å²) in [6.45, 7) is 5.60. The average Bonchev–Trinajstić information content (AvgIpc) is 2.59. The Labute approximate surface area is 117 Å². The second kappa shape index (κ2) is 4.78. The first-order valence-electron chi connectivity index (χ1n) is 6.41. The Morgan fingerprint density at radius 2 is 1.74 bits per heavy atom. The highest BCUT2D eigenvalue weighted by Gasteiger charge is 2.16. The molecule has 0 amide bonds. The fourth-order valence-corrected chi connectivity index (χ4v) is 3.39. The van der Waals surface area contributed by atoms with Crippen LogP contribution in [0, 0.1) is 13.8 Å². The van der Waals surface area contributed by atoms with Crippen LogP contribution >= 0.6 is 11.3 Å². The zero-order chi connectivity index (χ0) is 13.4. The fraction of sp³-hybridized carbons (Fsp3) is 0.333. The molecule has 0 spiro atoms. The molecule has 100 valence electrons. The van der Waals surface area contributed by atoms with Crippen molar-refractivity contribution in [3.8, 4) is 21.9 Å². The molecule has 0 radical (unpaired) electrons. The lowest BCUT2D eigenvalue weighted by molar-refractivity contribution is 0.297. The minimum absolute atomic E-state index is 0.683. The van der Waals surface area contributed by atoms with Crippen LogP contribution in [0.4, 0.5) is 5.69 Å². The second-order valence-electron chi connectivity index (χ2n) is 4.81. The zero-order valence-corrected chi connectivity index (χ0v) is 12.0. The van der Waals surface area contributed by atoms with Gasteiger partial charge in [0.05, 0.1) is 13.2 Å². The molecule has 1 aliphatic heterocycles. The van der Waals surface area contributed by atoms with Crippen LogP contribution in [0.25, 0.3) is 10.4 Å². The third-order valence-corrected chi connectivity index (χ3v) is 4.39. The summed E-state index contributed by atoms with van der Waals surface area (Å²) in [5.41, 5.74) is 9.22. The third kappa shape index (κ3) is 2.28. The summed E-state index contributed by atoms with van der Waals surface area (Å²) in [6.07, 6.45) is 0.904. The normalized spacial score (nSPS) is 14.2. The van der Waals surface area contributed by atoms with E-state index < -0.39 is 0 Å². The lowest BCUT2D eigenvalue weighted by atomic mass is 10.1. The molecule has 0 bridgehead atoms. The molecule has 19 heavy (non-hydrogen) atoms. The molecule has 2 heterocycles. The number of hydrogen-bond donors (Lipinski definition) is 1. The zero-order valence-electron chi connectivity index (χ0n) is 11.2. The van der Waals surface area contributed by atoms with Gasteiger partial charge in [0.15, 0.2) is 11.5 Å². The van der Waals surface area contributed by atoms with Crippen molar-refractivity contribution in [2.45, 2.75) is 20.3 Å². The van der Waals surface area contributed by atoms with E-state index in [2.05, 4.69) is 19.9 Å². The van der Waals surface area contributed by atoms with Gasteiger partial charge in [-0.2, -0.15) is 0 Å². The fourth-order valence-electron chi connectivity index (χ4n) is 2.33. The Morgan fingerprint density at radius 3 is 2.37 bits per heavy atom. The van der Waals surface area contributed by atoms with Crippen molar-refractivity contribution in [1.82, 2.24) is 0 Å². The maximum Gasteiger partial charge on any atom is 0.163 e. The minimum Gasteiger partial charge on any atom is -0.490 e. The minimum atomic E-state index is 0.683. The highest BCUT2D eigenvalue weighted by molar-refractivity contribution is 7.15. The highest BCUT2D eigenvalue weighted by atomic mass is 32.1. The Hall–Kier alpha value is -1.68. The topological polar surface area (TPSA) is 44.5 Å². The summed E-state index contributed by atoms with van der Waals surface area (Å²) in [7, 11) is 0. The SMILES string of the molecule is Cc1cc(C)c(-c2cc3c(cc2N)OCCCO3)s1. The largest absolute Gasteiger partial charge is 0.490 e. The van der Waals surface area contributed by atoms with Gasteiger partial charge in [-0.25, -0.2) is 0 Å². The summed E-state index contributed by atoms with van der Waals surface area (Å²) < 4.78 is 11.4. The van der Waals surface area contributed by atoms with E-state index >= 15 is 0 Å². The average molecular weight is 275 g/mol. The molecule has 3 nitrogen and oxygen atoms in total. The van der Waals surface area contributed by atoms with Crippen LogP contribution in [0.3, 0.4) is 0 Å². The number of nitrogens with two attached hydrogens (primary N) is 1. The first-order valence-corrected chi connectivity index (χ1v) is 7.23. The van der Waals surface area contributed by atoms with Gasteiger partial charge in [0.25, 0.3) is 0 Å². The van der Waals surface area contributed by atoms with Gasteiger partial charge in [-0.15, -0.1) is 11.3 Å². The van der Waals surface area contributed by atoms with E-state index in [4.69, 9.17) is 15.2 Å². The molecule has 1 aromatic heterocycles. The molecule has 2 aromatic rings. The number of thiophene rings is 1. The Kier molecular flexibility index (Phi) is 3.11. The van der Waals surface area contributed by atoms with Crippen LogP contribution in [0.1, 0.15) is 16.9 Å². The first kappa shape index (κ1) is 12.4. The van der Waals surface area contributed by atoms with Crippen LogP contribution in [0.15, 0.2) is 18.2 Å². The molecule has 0 fully saturated rings. The van der Waals surface area contributed by atoms with Gasteiger partial charge in [-0.1, -0.05) is 0 Å². The van der Waals surface area contributed by atoms with Crippen molar-refractivity contribution in [1.29, 1.82) is 0 Å². The number of rotatable bonds is 1. The van der Waals surface area contributed by atoms with Gasteiger partial charge in [0, 0.05) is 33.5 Å². The van der Waals surface area contributed by atoms with Crippen LogP contribution in [-0.2, 0) is 0 Å². The van der Waals surface area contributed by atoms with Crippen molar-refractivity contribution < 1.29 is 9.47 Å². The molecule has 1 aliphatic rings. The van der Waals surface area contributed by atoms with Crippen molar-refractivity contribution in [2.75, 3.05) is 18.9 Å². The summed E-state index contributed by atoms with van der Waals surface area (Å²) in [5.74, 6) is 1.55. The predicted octanol–water partition coefficient (Wildman–Crippen LogP) is 3.78. The summed E-state index contributed by atoms with van der Waals surface area (Å²) in [6, 6.07) is 6.07. The van der Waals surface area contributed by atoms with E-state index in [0.717, 1.165) is 29.2 Å². The summed E-state index contributed by atoms with van der Waals surface area (Å²) in [4.78, 5) is 2.50. The van der Waals surface area contributed by atoms with E-state index in [9.17, 15) is 0 Å². The smallest absolute Gasteiger partial charge is 0.163 e. The quantitative estimate of drug-likeness (QED) is 0.806. The van der Waals surface area contributed by atoms with Gasteiger partial charge in [-0.3, -0.25) is 0 Å². The standard InChI is InChI=1S/C15H17NO2S/c1-9-6-10(2)19-15(9)11-7-13-14(8-12(11)16)18-5-3-4-17-13/h6-8H,3-5,16H2,1-2H3. The maximum atomic E-state index is 6.18. The number of benzene rings is 1. The number of hydrogen-bond acceptors (Lipinski definition) is 4. The molecule has 1 aromatic carbocycles. The van der Waals surface area contributed by atoms with Crippen molar-refractivity contribution in [3.63, 3.8) is 0 Å². The number of nitrogen functional groups attached to an aromatic ring is 1. The molecule has 0 saturated heterocycles. The summed E-state index contributed by atoms with van der Waals surface area (Å²) >= 11 is 1.76. The third-order valence-electron chi connectivity index (χ3n) is 3.21. The van der Waals surface area contributed by atoms with Crippen LogP contribution in [0.2, 0.25) is 0 Å². The second-order valence-corrected chi connectivity index (χ2v) is 6.06. The van der Waals surface area contributed by atoms with Gasteiger partial charge < -0.3 is 15.2 Å². The molecular formula is C15H17NO2S. The van der Waals surface area contributed by atoms with E-state index in [1.807, 2.05) is 12.1 Å². The van der Waals surface area contributed by atoms with E-state index in [-0.39, 0.29) is 0 Å². The van der Waals surface area contributed by atoms with Gasteiger partial charge in [-0.05, 0) is 31.5 Å². The van der Waals surface area contributed by atoms with Gasteiger partial charge in [0.2, 0.25) is 0 Å². The van der Waals surface area contributed by atoms with Crippen LogP contribution < -0.4 is 15.2 Å². The molecule has 0 aliphatic carbocycles. The molecular weight excluding hydrogens is 258 g/mol. The summed E-state index contributed by atoms with van der Waals surface area (Å²) in [5, 5.41) is 0. The highest BCUT2D eigenvalue weighted by Crippen LogP contribution is 2.42. The van der Waals surface area contributed by atoms with E-state index in [1.54, 1.807) is 11.3 Å². The lowest BCUT2D eigenvalue weighted by Crippen LogP contribution is -1.97. The van der Waals surface area contributed by atoms with Crippen LogP contribution in [-0.4, -0.2) is 13.2 Å². The Balaban J connectivity index is 2.12. The monoisotopic (exact) mass is 275 g/mol. The van der Waals surface area contributed by atoms with E-state index in [0.29, 0.717) is 13.2 Å². The van der Waals surface area contributed by atoms with E-state index in [1.165, 1.54) is 15.3 Å².